The molecular weight excluding hydrogens is 326 g/mol. The van der Waals surface area contributed by atoms with Crippen LogP contribution in [-0.4, -0.2) is 26.3 Å². The number of benzene rings is 1. The molecule has 0 aromatic heterocycles. The van der Waals surface area contributed by atoms with Crippen LogP contribution in [0.2, 0.25) is 5.02 Å². The van der Waals surface area contributed by atoms with Crippen LogP contribution in [0.15, 0.2) is 18.2 Å². The van der Waals surface area contributed by atoms with Gasteiger partial charge in [-0.3, -0.25) is 0 Å². The Balaban J connectivity index is 3.01. The molecule has 0 N–H and O–H groups in total. The van der Waals surface area contributed by atoms with Gasteiger partial charge in [-0.15, -0.1) is 0 Å². The van der Waals surface area contributed by atoms with Crippen molar-refractivity contribution >= 4 is 33.2 Å². The summed E-state index contributed by atoms with van der Waals surface area (Å²) in [6.07, 6.45) is 2.22. The van der Waals surface area contributed by atoms with Gasteiger partial charge in [0.05, 0.1) is 17.3 Å². The lowest BCUT2D eigenvalue weighted by Crippen LogP contribution is -2.37. The number of methoxy groups -OCH3 is 1. The fraction of sp³-hybridized carbons (Fsp3) is 0.600. The maximum Gasteiger partial charge on any atom is 0.0642 e. The minimum Gasteiger partial charge on any atom is -0.383 e. The van der Waals surface area contributed by atoms with Gasteiger partial charge >= 0.3 is 0 Å². The second kappa shape index (κ2) is 8.83. The Bertz CT molecular complexity index is 382. The monoisotopic (exact) mass is 347 g/mol. The van der Waals surface area contributed by atoms with Crippen LogP contribution in [0.3, 0.4) is 0 Å². The van der Waals surface area contributed by atoms with Crippen LogP contribution in [0.1, 0.15) is 32.3 Å². The average molecular weight is 349 g/mol. The SMILES string of the molecule is CCC(CC)N(CCOC)c1ccc(CBr)cc1Cl. The molecule has 0 aliphatic carbocycles. The van der Waals surface area contributed by atoms with E-state index in [4.69, 9.17) is 16.3 Å². The van der Waals surface area contributed by atoms with E-state index >= 15 is 0 Å². The number of anilines is 1. The van der Waals surface area contributed by atoms with E-state index in [-0.39, 0.29) is 0 Å². The highest BCUT2D eigenvalue weighted by Crippen LogP contribution is 2.30. The lowest BCUT2D eigenvalue weighted by Gasteiger charge is -2.33. The Hall–Kier alpha value is -0.250. The van der Waals surface area contributed by atoms with Crippen LogP contribution in [0, 0.1) is 0 Å². The summed E-state index contributed by atoms with van der Waals surface area (Å²) in [7, 11) is 1.74. The van der Waals surface area contributed by atoms with Crippen molar-refractivity contribution in [2.45, 2.75) is 38.1 Å². The van der Waals surface area contributed by atoms with E-state index in [1.165, 1.54) is 5.56 Å². The van der Waals surface area contributed by atoms with Crippen LogP contribution >= 0.6 is 27.5 Å². The minimum absolute atomic E-state index is 0.502. The van der Waals surface area contributed by atoms with E-state index in [1.54, 1.807) is 7.11 Å². The quantitative estimate of drug-likeness (QED) is 0.621. The van der Waals surface area contributed by atoms with Crippen molar-refractivity contribution in [3.05, 3.63) is 28.8 Å². The van der Waals surface area contributed by atoms with Gasteiger partial charge in [-0.2, -0.15) is 0 Å². The number of rotatable bonds is 8. The topological polar surface area (TPSA) is 12.5 Å². The molecule has 0 saturated heterocycles. The Kier molecular flexibility index (Phi) is 7.81. The summed E-state index contributed by atoms with van der Waals surface area (Å²) in [5.41, 5.74) is 2.31. The molecule has 0 amide bonds. The summed E-state index contributed by atoms with van der Waals surface area (Å²) in [6.45, 7) is 6.02. The van der Waals surface area contributed by atoms with E-state index in [0.29, 0.717) is 12.6 Å². The third-order valence-electron chi connectivity index (χ3n) is 3.40. The van der Waals surface area contributed by atoms with E-state index in [9.17, 15) is 0 Å². The first kappa shape index (κ1) is 16.8. The molecule has 0 bridgehead atoms. The Labute approximate surface area is 130 Å². The first-order chi connectivity index (χ1) is 9.17. The van der Waals surface area contributed by atoms with Gasteiger partial charge in [0.1, 0.15) is 0 Å². The molecule has 0 saturated carbocycles. The molecule has 1 aromatic carbocycles. The lowest BCUT2D eigenvalue weighted by atomic mass is 10.1. The van der Waals surface area contributed by atoms with E-state index in [1.807, 2.05) is 6.07 Å². The summed E-state index contributed by atoms with van der Waals surface area (Å²) in [6, 6.07) is 6.78. The van der Waals surface area contributed by atoms with Gasteiger partial charge in [0.2, 0.25) is 0 Å². The van der Waals surface area contributed by atoms with Crippen molar-refractivity contribution < 1.29 is 4.74 Å². The summed E-state index contributed by atoms with van der Waals surface area (Å²) in [5, 5.41) is 1.65. The van der Waals surface area contributed by atoms with Gasteiger partial charge in [-0.1, -0.05) is 47.4 Å². The van der Waals surface area contributed by atoms with Crippen LogP contribution in [0.5, 0.6) is 0 Å². The number of hydrogen-bond acceptors (Lipinski definition) is 2. The van der Waals surface area contributed by atoms with Crippen molar-refractivity contribution in [3.8, 4) is 0 Å². The largest absolute Gasteiger partial charge is 0.383 e. The number of hydrogen-bond donors (Lipinski definition) is 0. The number of nitrogens with zero attached hydrogens (tertiary/aromatic N) is 1. The normalized spacial score (nSPS) is 11.1. The fourth-order valence-corrected chi connectivity index (χ4v) is 2.95. The van der Waals surface area contributed by atoms with Gasteiger partial charge in [-0.05, 0) is 30.5 Å². The number of alkyl halides is 1. The van der Waals surface area contributed by atoms with Crippen molar-refractivity contribution in [3.63, 3.8) is 0 Å². The van der Waals surface area contributed by atoms with Crippen molar-refractivity contribution in [2.24, 2.45) is 0 Å². The molecule has 0 fully saturated rings. The third-order valence-corrected chi connectivity index (χ3v) is 4.35. The second-order valence-corrected chi connectivity index (χ2v) is 5.54. The number of ether oxygens (including phenoxy) is 1. The molecule has 0 aliphatic heterocycles. The van der Waals surface area contributed by atoms with Crippen LogP contribution in [0.25, 0.3) is 0 Å². The van der Waals surface area contributed by atoms with E-state index in [2.05, 4.69) is 46.8 Å². The first-order valence-electron chi connectivity index (χ1n) is 6.77. The Morgan fingerprint density at radius 2 is 2.00 bits per heavy atom. The molecule has 0 radical (unpaired) electrons. The summed E-state index contributed by atoms with van der Waals surface area (Å²) in [5.74, 6) is 0. The molecule has 0 heterocycles. The van der Waals surface area contributed by atoms with E-state index in [0.717, 1.165) is 35.4 Å². The zero-order valence-electron chi connectivity index (χ0n) is 12.0. The van der Waals surface area contributed by atoms with Crippen LogP contribution < -0.4 is 4.90 Å². The lowest BCUT2D eigenvalue weighted by molar-refractivity contribution is 0.202. The molecule has 0 spiro atoms. The highest BCUT2D eigenvalue weighted by Gasteiger charge is 2.18. The van der Waals surface area contributed by atoms with E-state index < -0.39 is 0 Å². The van der Waals surface area contributed by atoms with Crippen molar-refractivity contribution in [2.75, 3.05) is 25.2 Å². The van der Waals surface area contributed by atoms with Gasteiger partial charge in [-0.25, -0.2) is 0 Å². The Morgan fingerprint density at radius 1 is 1.32 bits per heavy atom. The average Bonchev–Trinajstić information content (AvgIpc) is 2.44. The zero-order chi connectivity index (χ0) is 14.3. The molecule has 108 valence electrons. The van der Waals surface area contributed by atoms with Gasteiger partial charge < -0.3 is 9.64 Å². The predicted molar refractivity (Wildman–Crippen MR) is 87.7 cm³/mol. The Morgan fingerprint density at radius 3 is 2.47 bits per heavy atom. The molecule has 19 heavy (non-hydrogen) atoms. The van der Waals surface area contributed by atoms with Crippen LogP contribution in [0.4, 0.5) is 5.69 Å². The third kappa shape index (κ3) is 4.66. The van der Waals surface area contributed by atoms with Crippen molar-refractivity contribution in [1.82, 2.24) is 0 Å². The van der Waals surface area contributed by atoms with Crippen molar-refractivity contribution in [1.29, 1.82) is 0 Å². The predicted octanol–water partition coefficient (Wildman–Crippen LogP) is 4.88. The minimum atomic E-state index is 0.502. The molecule has 1 aromatic rings. The second-order valence-electron chi connectivity index (χ2n) is 4.58. The molecule has 0 atom stereocenters. The molecular formula is C15H23BrClNO. The van der Waals surface area contributed by atoms with Gasteiger partial charge in [0.15, 0.2) is 0 Å². The summed E-state index contributed by atoms with van der Waals surface area (Å²) >= 11 is 9.90. The number of halogens is 2. The van der Waals surface area contributed by atoms with Crippen LogP contribution in [-0.2, 0) is 10.1 Å². The smallest absolute Gasteiger partial charge is 0.0642 e. The highest BCUT2D eigenvalue weighted by molar-refractivity contribution is 9.08. The highest BCUT2D eigenvalue weighted by atomic mass is 79.9. The zero-order valence-corrected chi connectivity index (χ0v) is 14.3. The van der Waals surface area contributed by atoms with Gasteiger partial charge in [0.25, 0.3) is 0 Å². The molecule has 0 unspecified atom stereocenters. The molecule has 4 heteroatoms. The fourth-order valence-electron chi connectivity index (χ4n) is 2.29. The molecule has 0 aliphatic rings. The maximum absolute atomic E-state index is 6.44. The standard InChI is InChI=1S/C15H23BrClNO/c1-4-13(5-2)18(8-9-19-3)15-7-6-12(11-16)10-14(15)17/h6-7,10,13H,4-5,8-9,11H2,1-3H3. The molecule has 2 nitrogen and oxygen atoms in total. The molecule has 1 rings (SSSR count). The summed E-state index contributed by atoms with van der Waals surface area (Å²) < 4.78 is 5.23. The summed E-state index contributed by atoms with van der Waals surface area (Å²) in [4.78, 5) is 2.36. The van der Waals surface area contributed by atoms with Gasteiger partial charge in [0, 0.05) is 25.0 Å². The maximum atomic E-state index is 6.44. The first-order valence-corrected chi connectivity index (χ1v) is 8.27.